The van der Waals surface area contributed by atoms with Crippen molar-refractivity contribution in [2.75, 3.05) is 6.54 Å². The summed E-state index contributed by atoms with van der Waals surface area (Å²) < 4.78 is 19.2. The van der Waals surface area contributed by atoms with Crippen LogP contribution in [0.25, 0.3) is 0 Å². The van der Waals surface area contributed by atoms with Crippen molar-refractivity contribution in [3.05, 3.63) is 35.1 Å². The molecule has 4 nitrogen and oxygen atoms in total. The molecule has 2 unspecified atom stereocenters. The van der Waals surface area contributed by atoms with Crippen molar-refractivity contribution in [2.45, 2.75) is 38.5 Å². The third-order valence-electron chi connectivity index (χ3n) is 3.36. The number of rotatable bonds is 3. The van der Waals surface area contributed by atoms with Crippen molar-refractivity contribution in [1.82, 2.24) is 5.32 Å². The summed E-state index contributed by atoms with van der Waals surface area (Å²) in [6.07, 6.45) is 1.25. The minimum atomic E-state index is -0.428. The summed E-state index contributed by atoms with van der Waals surface area (Å²) in [5, 5.41) is 2.71. The normalized spacial score (nSPS) is 20.7. The Morgan fingerprint density at radius 1 is 1.52 bits per heavy atom. The number of benzene rings is 1. The van der Waals surface area contributed by atoms with Crippen LogP contribution in [0, 0.1) is 17.7 Å². The first-order valence-electron chi connectivity index (χ1n) is 7.00. The highest BCUT2D eigenvalue weighted by Crippen LogP contribution is 2.19. The molecule has 2 rings (SSSR count). The molecule has 1 amide bonds. The van der Waals surface area contributed by atoms with Crippen molar-refractivity contribution < 1.29 is 13.9 Å². The fourth-order valence-electron chi connectivity index (χ4n) is 2.23. The van der Waals surface area contributed by atoms with E-state index in [4.69, 9.17) is 10.5 Å². The molecule has 21 heavy (non-hydrogen) atoms. The predicted molar refractivity (Wildman–Crippen MR) is 77.7 cm³/mol. The quantitative estimate of drug-likeness (QED) is 0.825. The van der Waals surface area contributed by atoms with Gasteiger partial charge in [0.25, 0.3) is 0 Å². The summed E-state index contributed by atoms with van der Waals surface area (Å²) >= 11 is 0. The molecule has 1 aliphatic rings. The minimum absolute atomic E-state index is 0.104. The average molecular weight is 290 g/mol. The van der Waals surface area contributed by atoms with E-state index >= 15 is 0 Å². The van der Waals surface area contributed by atoms with Crippen molar-refractivity contribution in [3.63, 3.8) is 0 Å². The molecule has 112 valence electrons. The number of hydrogen-bond donors (Lipinski definition) is 2. The zero-order valence-electron chi connectivity index (χ0n) is 12.0. The summed E-state index contributed by atoms with van der Waals surface area (Å²) in [6, 6.07) is 4.55. The molecule has 3 N–H and O–H groups in total. The summed E-state index contributed by atoms with van der Waals surface area (Å²) in [4.78, 5) is 11.9. The fraction of sp³-hybridized carbons (Fsp3) is 0.438. The van der Waals surface area contributed by atoms with Crippen LogP contribution in [0.1, 0.15) is 30.9 Å². The van der Waals surface area contributed by atoms with Crippen LogP contribution >= 0.6 is 0 Å². The van der Waals surface area contributed by atoms with Crippen LogP contribution in [0.5, 0.6) is 0 Å². The van der Waals surface area contributed by atoms with E-state index in [1.165, 1.54) is 6.07 Å². The summed E-state index contributed by atoms with van der Waals surface area (Å²) in [7, 11) is 0. The Morgan fingerprint density at radius 3 is 3.00 bits per heavy atom. The highest BCUT2D eigenvalue weighted by Gasteiger charge is 2.27. The van der Waals surface area contributed by atoms with E-state index in [1.807, 2.05) is 6.92 Å². The summed E-state index contributed by atoms with van der Waals surface area (Å²) in [5.41, 5.74) is 6.38. The highest BCUT2D eigenvalue weighted by molar-refractivity contribution is 5.81. The number of halogens is 1. The van der Waals surface area contributed by atoms with Crippen molar-refractivity contribution in [1.29, 1.82) is 0 Å². The first kappa shape index (κ1) is 15.5. The van der Waals surface area contributed by atoms with Gasteiger partial charge in [-0.25, -0.2) is 4.39 Å². The number of nitrogens with one attached hydrogen (secondary N) is 1. The first-order chi connectivity index (χ1) is 10.1. The van der Waals surface area contributed by atoms with Gasteiger partial charge in [0.1, 0.15) is 11.9 Å². The van der Waals surface area contributed by atoms with E-state index in [9.17, 15) is 9.18 Å². The van der Waals surface area contributed by atoms with Gasteiger partial charge in [0.15, 0.2) is 0 Å². The maximum atomic E-state index is 13.7. The average Bonchev–Trinajstić information content (AvgIpc) is 2.91. The number of nitrogens with two attached hydrogens (primary N) is 1. The summed E-state index contributed by atoms with van der Waals surface area (Å²) in [6.45, 7) is 2.31. The Kier molecular flexibility index (Phi) is 5.32. The van der Waals surface area contributed by atoms with Gasteiger partial charge in [0.05, 0.1) is 12.6 Å². The van der Waals surface area contributed by atoms with Gasteiger partial charge in [-0.05, 0) is 38.0 Å². The van der Waals surface area contributed by atoms with Crippen LogP contribution in [-0.4, -0.2) is 24.7 Å². The van der Waals surface area contributed by atoms with E-state index < -0.39 is 6.10 Å². The molecule has 0 bridgehead atoms. The Bertz CT molecular complexity index is 577. The van der Waals surface area contributed by atoms with Gasteiger partial charge >= 0.3 is 0 Å². The number of carbonyl (C=O) groups is 1. The maximum absolute atomic E-state index is 13.7. The van der Waals surface area contributed by atoms with Crippen LogP contribution in [-0.2, 0) is 16.1 Å². The predicted octanol–water partition coefficient (Wildman–Crippen LogP) is 1.32. The molecule has 1 saturated heterocycles. The van der Waals surface area contributed by atoms with Crippen LogP contribution in [0.15, 0.2) is 18.2 Å². The number of carbonyl (C=O) groups excluding carboxylic acids is 1. The van der Waals surface area contributed by atoms with Crippen LogP contribution < -0.4 is 11.1 Å². The lowest BCUT2D eigenvalue weighted by molar-refractivity contribution is -0.131. The second-order valence-electron chi connectivity index (χ2n) is 5.04. The largest absolute Gasteiger partial charge is 0.365 e. The Hall–Kier alpha value is -1.90. The second-order valence-corrected chi connectivity index (χ2v) is 5.04. The molecule has 0 aromatic heterocycles. The number of ether oxygens (including phenoxy) is 1. The zero-order valence-corrected chi connectivity index (χ0v) is 12.0. The molecule has 0 saturated carbocycles. The lowest BCUT2D eigenvalue weighted by Gasteiger charge is -2.12. The molecule has 5 heteroatoms. The minimum Gasteiger partial charge on any atom is -0.365 e. The van der Waals surface area contributed by atoms with Gasteiger partial charge in [-0.3, -0.25) is 4.79 Å². The Balaban J connectivity index is 1.97. The molecule has 2 atom stereocenters. The van der Waals surface area contributed by atoms with E-state index in [0.29, 0.717) is 17.5 Å². The van der Waals surface area contributed by atoms with E-state index in [0.717, 1.165) is 6.42 Å². The van der Waals surface area contributed by atoms with E-state index in [-0.39, 0.29) is 30.9 Å². The zero-order chi connectivity index (χ0) is 15.2. The third-order valence-corrected chi connectivity index (χ3v) is 3.36. The molecule has 0 spiro atoms. The smallest absolute Gasteiger partial charge is 0.249 e. The van der Waals surface area contributed by atoms with Crippen molar-refractivity contribution >= 4 is 5.91 Å². The molecule has 1 heterocycles. The molecule has 1 fully saturated rings. The van der Waals surface area contributed by atoms with Gasteiger partial charge < -0.3 is 15.8 Å². The molecule has 1 aliphatic heterocycles. The monoisotopic (exact) mass is 290 g/mol. The summed E-state index contributed by atoms with van der Waals surface area (Å²) in [5.74, 6) is 4.99. The van der Waals surface area contributed by atoms with Crippen molar-refractivity contribution in [2.24, 2.45) is 5.73 Å². The molecule has 1 aromatic carbocycles. The first-order valence-corrected chi connectivity index (χ1v) is 7.00. The fourth-order valence-corrected chi connectivity index (χ4v) is 2.23. The molecule has 0 radical (unpaired) electrons. The number of amides is 1. The van der Waals surface area contributed by atoms with Gasteiger partial charge in [-0.15, -0.1) is 0 Å². The number of hydrogen-bond acceptors (Lipinski definition) is 3. The lowest BCUT2D eigenvalue weighted by atomic mass is 10.1. The van der Waals surface area contributed by atoms with Gasteiger partial charge in [-0.1, -0.05) is 11.8 Å². The van der Waals surface area contributed by atoms with E-state index in [2.05, 4.69) is 17.2 Å². The van der Waals surface area contributed by atoms with Gasteiger partial charge in [-0.2, -0.15) is 0 Å². The molecular formula is C16H19FN2O2. The SMILES string of the molecule is CC1CCC(C(=O)NCc2cc(C#CCN)ccc2F)O1. The second kappa shape index (κ2) is 7.21. The standard InChI is InChI=1S/C16H19FN2O2/c1-11-4-7-15(21-11)16(20)19-10-13-9-12(3-2-8-18)5-6-14(13)17/h5-6,9,11,15H,4,7-8,10,18H2,1H3,(H,19,20). The maximum Gasteiger partial charge on any atom is 0.249 e. The van der Waals surface area contributed by atoms with Crippen LogP contribution in [0.2, 0.25) is 0 Å². The lowest BCUT2D eigenvalue weighted by Crippen LogP contribution is -2.34. The van der Waals surface area contributed by atoms with Gasteiger partial charge in [0.2, 0.25) is 5.91 Å². The molecule has 1 aromatic rings. The third kappa shape index (κ3) is 4.28. The van der Waals surface area contributed by atoms with Gasteiger partial charge in [0, 0.05) is 17.7 Å². The Labute approximate surface area is 123 Å². The molecular weight excluding hydrogens is 271 g/mol. The van der Waals surface area contributed by atoms with Crippen LogP contribution in [0.3, 0.4) is 0 Å². The van der Waals surface area contributed by atoms with E-state index in [1.54, 1.807) is 12.1 Å². The Morgan fingerprint density at radius 2 is 2.33 bits per heavy atom. The topological polar surface area (TPSA) is 64.4 Å². The van der Waals surface area contributed by atoms with Crippen LogP contribution in [0.4, 0.5) is 4.39 Å². The highest BCUT2D eigenvalue weighted by atomic mass is 19.1. The van der Waals surface area contributed by atoms with Crippen molar-refractivity contribution in [3.8, 4) is 11.8 Å². The molecule has 0 aliphatic carbocycles.